The maximum absolute atomic E-state index is 13.2. The molecule has 196 valence electrons. The molecular weight excluding hydrogens is 506 g/mol. The summed E-state index contributed by atoms with van der Waals surface area (Å²) in [6, 6.07) is 21.3. The molecule has 3 amide bonds. The quantitative estimate of drug-likeness (QED) is 0.405. The highest BCUT2D eigenvalue weighted by Gasteiger charge is 2.37. The van der Waals surface area contributed by atoms with Gasteiger partial charge in [-0.25, -0.2) is 4.79 Å². The SMILES string of the molecule is COC(=O)[C@H](Cc1ccc(NC(=O)c2ccccc2)cc1)NC(=O)[C@@H]1CCC(=O)N1Cc1ccc(Cl)cc1. The fourth-order valence-electron chi connectivity index (χ4n) is 4.35. The van der Waals surface area contributed by atoms with Gasteiger partial charge in [-0.05, 0) is 53.9 Å². The minimum Gasteiger partial charge on any atom is -0.467 e. The first-order valence-corrected chi connectivity index (χ1v) is 12.6. The number of hydrogen-bond acceptors (Lipinski definition) is 5. The summed E-state index contributed by atoms with van der Waals surface area (Å²) in [6.07, 6.45) is 0.801. The highest BCUT2D eigenvalue weighted by Crippen LogP contribution is 2.23. The van der Waals surface area contributed by atoms with Crippen LogP contribution in [0.2, 0.25) is 5.02 Å². The van der Waals surface area contributed by atoms with Crippen molar-refractivity contribution in [3.8, 4) is 0 Å². The molecule has 2 N–H and O–H groups in total. The minimum absolute atomic E-state index is 0.122. The monoisotopic (exact) mass is 533 g/mol. The second-order valence-corrected chi connectivity index (χ2v) is 9.44. The van der Waals surface area contributed by atoms with Crippen molar-refractivity contribution in [3.05, 3.63) is 101 Å². The zero-order valence-electron chi connectivity index (χ0n) is 20.9. The lowest BCUT2D eigenvalue weighted by Gasteiger charge is -2.26. The number of carbonyl (C=O) groups is 4. The third kappa shape index (κ3) is 6.77. The molecule has 0 spiro atoms. The molecule has 3 aromatic rings. The van der Waals surface area contributed by atoms with E-state index >= 15 is 0 Å². The Hall–Kier alpha value is -4.17. The van der Waals surface area contributed by atoms with Crippen molar-refractivity contribution >= 4 is 41.0 Å². The Bertz CT molecular complexity index is 1300. The first kappa shape index (κ1) is 26.9. The highest BCUT2D eigenvalue weighted by atomic mass is 35.5. The summed E-state index contributed by atoms with van der Waals surface area (Å²) in [6.45, 7) is 0.271. The highest BCUT2D eigenvalue weighted by molar-refractivity contribution is 6.30. The van der Waals surface area contributed by atoms with E-state index in [1.165, 1.54) is 12.0 Å². The Labute approximate surface area is 225 Å². The smallest absolute Gasteiger partial charge is 0.328 e. The maximum Gasteiger partial charge on any atom is 0.328 e. The Morgan fingerprint density at radius 3 is 2.29 bits per heavy atom. The largest absolute Gasteiger partial charge is 0.467 e. The van der Waals surface area contributed by atoms with E-state index in [0.717, 1.165) is 11.1 Å². The number of rotatable bonds is 9. The lowest BCUT2D eigenvalue weighted by atomic mass is 10.0. The number of benzene rings is 3. The van der Waals surface area contributed by atoms with Crippen LogP contribution >= 0.6 is 11.6 Å². The summed E-state index contributed by atoms with van der Waals surface area (Å²) in [4.78, 5) is 52.1. The van der Waals surface area contributed by atoms with Gasteiger partial charge >= 0.3 is 5.97 Å². The number of likely N-dealkylation sites (tertiary alicyclic amines) is 1. The van der Waals surface area contributed by atoms with Crippen molar-refractivity contribution in [2.75, 3.05) is 12.4 Å². The van der Waals surface area contributed by atoms with Crippen molar-refractivity contribution in [1.82, 2.24) is 10.2 Å². The van der Waals surface area contributed by atoms with Crippen molar-refractivity contribution < 1.29 is 23.9 Å². The molecule has 2 atom stereocenters. The summed E-state index contributed by atoms with van der Waals surface area (Å²) in [5.74, 6) is -1.35. The van der Waals surface area contributed by atoms with E-state index in [1.54, 1.807) is 60.7 Å². The van der Waals surface area contributed by atoms with Crippen LogP contribution in [0.1, 0.15) is 34.3 Å². The topological polar surface area (TPSA) is 105 Å². The molecule has 38 heavy (non-hydrogen) atoms. The number of halogens is 1. The molecule has 1 fully saturated rings. The summed E-state index contributed by atoms with van der Waals surface area (Å²) < 4.78 is 4.92. The molecule has 0 saturated carbocycles. The number of ether oxygens (including phenoxy) is 1. The van der Waals surface area contributed by atoms with Gasteiger partial charge in [-0.3, -0.25) is 14.4 Å². The van der Waals surface area contributed by atoms with Gasteiger partial charge in [0.05, 0.1) is 7.11 Å². The van der Waals surface area contributed by atoms with Crippen LogP contribution in [0.4, 0.5) is 5.69 Å². The number of anilines is 1. The number of amides is 3. The Morgan fingerprint density at radius 1 is 0.974 bits per heavy atom. The standard InChI is InChI=1S/C29H28ClN3O5/c1-38-29(37)24(17-19-9-13-23(14-10-19)31-27(35)21-5-3-2-4-6-21)32-28(36)25-15-16-26(34)33(25)18-20-7-11-22(30)12-8-20/h2-14,24-25H,15-18H2,1H3,(H,31,35)(H,32,36)/t24-,25-/m0/s1. The average Bonchev–Trinajstić information content (AvgIpc) is 3.30. The first-order valence-electron chi connectivity index (χ1n) is 12.2. The molecule has 0 aliphatic carbocycles. The van der Waals surface area contributed by atoms with Crippen LogP contribution in [0.3, 0.4) is 0 Å². The van der Waals surface area contributed by atoms with Crippen LogP contribution in [0, 0.1) is 0 Å². The van der Waals surface area contributed by atoms with Gasteiger partial charge in [0.1, 0.15) is 12.1 Å². The van der Waals surface area contributed by atoms with E-state index < -0.39 is 24.0 Å². The van der Waals surface area contributed by atoms with E-state index in [-0.39, 0.29) is 31.2 Å². The molecular formula is C29H28ClN3O5. The van der Waals surface area contributed by atoms with Crippen molar-refractivity contribution in [1.29, 1.82) is 0 Å². The second kappa shape index (κ2) is 12.4. The predicted octanol–water partition coefficient (Wildman–Crippen LogP) is 3.98. The number of esters is 1. The number of methoxy groups -OCH3 is 1. The molecule has 0 aromatic heterocycles. The zero-order chi connectivity index (χ0) is 27.1. The van der Waals surface area contributed by atoms with Gasteiger partial charge in [0, 0.05) is 35.7 Å². The fourth-order valence-corrected chi connectivity index (χ4v) is 4.47. The Balaban J connectivity index is 1.40. The van der Waals surface area contributed by atoms with Gasteiger partial charge in [-0.15, -0.1) is 0 Å². The lowest BCUT2D eigenvalue weighted by Crippen LogP contribution is -2.51. The predicted molar refractivity (Wildman–Crippen MR) is 144 cm³/mol. The molecule has 0 radical (unpaired) electrons. The summed E-state index contributed by atoms with van der Waals surface area (Å²) >= 11 is 5.95. The molecule has 1 saturated heterocycles. The summed E-state index contributed by atoms with van der Waals surface area (Å²) in [5, 5.41) is 6.19. The fraction of sp³-hybridized carbons (Fsp3) is 0.241. The van der Waals surface area contributed by atoms with Gasteiger partial charge in [0.15, 0.2) is 0 Å². The molecule has 1 aliphatic heterocycles. The van der Waals surface area contributed by atoms with Crippen LogP contribution in [-0.4, -0.2) is 47.8 Å². The van der Waals surface area contributed by atoms with E-state index in [0.29, 0.717) is 22.7 Å². The van der Waals surface area contributed by atoms with Gasteiger partial charge in [-0.1, -0.05) is 54.1 Å². The summed E-state index contributed by atoms with van der Waals surface area (Å²) in [5.41, 5.74) is 2.76. The molecule has 0 bridgehead atoms. The zero-order valence-corrected chi connectivity index (χ0v) is 21.6. The Morgan fingerprint density at radius 2 is 1.63 bits per heavy atom. The molecule has 1 heterocycles. The van der Waals surface area contributed by atoms with Gasteiger partial charge in [0.2, 0.25) is 11.8 Å². The number of nitrogens with one attached hydrogen (secondary N) is 2. The van der Waals surface area contributed by atoms with Gasteiger partial charge in [0.25, 0.3) is 5.91 Å². The van der Waals surface area contributed by atoms with Crippen molar-refractivity contribution in [3.63, 3.8) is 0 Å². The average molecular weight is 534 g/mol. The number of carbonyl (C=O) groups excluding carboxylic acids is 4. The minimum atomic E-state index is -0.939. The van der Waals surface area contributed by atoms with Crippen molar-refractivity contribution in [2.24, 2.45) is 0 Å². The molecule has 1 aliphatic rings. The third-order valence-electron chi connectivity index (χ3n) is 6.39. The van der Waals surface area contributed by atoms with E-state index in [1.807, 2.05) is 18.2 Å². The molecule has 4 rings (SSSR count). The molecule has 0 unspecified atom stereocenters. The van der Waals surface area contributed by atoms with Gasteiger partial charge in [-0.2, -0.15) is 0 Å². The van der Waals surface area contributed by atoms with Gasteiger partial charge < -0.3 is 20.3 Å². The lowest BCUT2D eigenvalue weighted by molar-refractivity contribution is -0.146. The van der Waals surface area contributed by atoms with Crippen LogP contribution in [0.15, 0.2) is 78.9 Å². The van der Waals surface area contributed by atoms with Crippen molar-refractivity contribution in [2.45, 2.75) is 37.9 Å². The summed E-state index contributed by atoms with van der Waals surface area (Å²) in [7, 11) is 1.26. The van der Waals surface area contributed by atoms with Crippen LogP contribution in [-0.2, 0) is 32.1 Å². The van der Waals surface area contributed by atoms with E-state index in [2.05, 4.69) is 10.6 Å². The van der Waals surface area contributed by atoms with Crippen LogP contribution in [0.5, 0.6) is 0 Å². The third-order valence-corrected chi connectivity index (χ3v) is 6.64. The number of nitrogens with zero attached hydrogens (tertiary/aromatic N) is 1. The maximum atomic E-state index is 13.2. The normalized spacial score (nSPS) is 15.6. The van der Waals surface area contributed by atoms with E-state index in [4.69, 9.17) is 16.3 Å². The Kier molecular flexibility index (Phi) is 8.76. The van der Waals surface area contributed by atoms with Crippen LogP contribution in [0.25, 0.3) is 0 Å². The molecule has 8 nitrogen and oxygen atoms in total. The van der Waals surface area contributed by atoms with E-state index in [9.17, 15) is 19.2 Å². The molecule has 9 heteroatoms. The first-order chi connectivity index (χ1) is 18.3. The second-order valence-electron chi connectivity index (χ2n) is 9.01. The number of hydrogen-bond donors (Lipinski definition) is 2. The molecule has 3 aromatic carbocycles. The van der Waals surface area contributed by atoms with Crippen LogP contribution < -0.4 is 10.6 Å².